The predicted octanol–water partition coefficient (Wildman–Crippen LogP) is 0.505. The Morgan fingerprint density at radius 1 is 1.20 bits per heavy atom. The quantitative estimate of drug-likeness (QED) is 0.654. The molecule has 3 N–H and O–H groups in total. The average molecular weight is 419 g/mol. The van der Waals surface area contributed by atoms with Gasteiger partial charge in [0.1, 0.15) is 12.3 Å². The number of amides is 2. The summed E-state index contributed by atoms with van der Waals surface area (Å²) < 4.78 is 16.9. The van der Waals surface area contributed by atoms with Gasteiger partial charge in [-0.15, -0.1) is 0 Å². The number of nitrogens with zero attached hydrogens (tertiary/aromatic N) is 1. The molecular formula is C19H21N3O8. The molecule has 0 saturated carbocycles. The number of esters is 1. The van der Waals surface area contributed by atoms with E-state index in [1.165, 1.54) is 32.4 Å². The molecule has 0 fully saturated rings. The molecule has 2 amide bonds. The maximum absolute atomic E-state index is 13.1. The average Bonchev–Trinajstić information content (AvgIpc) is 3.13. The van der Waals surface area contributed by atoms with Crippen LogP contribution in [0.2, 0.25) is 0 Å². The SMILES string of the molecule is COC1=C(C)C(=O)c2c(c(COC(N)=O)c3n2C[C@@H](NC(C)=O)[C@H]3OC(C)=O)C1=O. The van der Waals surface area contributed by atoms with Crippen molar-refractivity contribution in [1.82, 2.24) is 9.88 Å². The lowest BCUT2D eigenvalue weighted by atomic mass is 9.90. The minimum atomic E-state index is -1.09. The number of Topliss-reactive ketones (excluding diaryl/α,β-unsaturated/α-hetero) is 2. The van der Waals surface area contributed by atoms with E-state index in [-0.39, 0.29) is 46.3 Å². The van der Waals surface area contributed by atoms with Gasteiger partial charge in [0.05, 0.1) is 24.4 Å². The number of nitrogens with two attached hydrogens (primary N) is 1. The van der Waals surface area contributed by atoms with Gasteiger partial charge in [-0.1, -0.05) is 0 Å². The number of fused-ring (bicyclic) bond motifs is 3. The molecule has 0 saturated heterocycles. The fraction of sp³-hybridized carbons (Fsp3) is 0.421. The normalized spacial score (nSPS) is 19.9. The summed E-state index contributed by atoms with van der Waals surface area (Å²) >= 11 is 0. The third-order valence-electron chi connectivity index (χ3n) is 5.00. The topological polar surface area (TPSA) is 156 Å². The zero-order valence-electron chi connectivity index (χ0n) is 16.9. The lowest BCUT2D eigenvalue weighted by Crippen LogP contribution is -2.39. The number of ketones is 2. The molecule has 11 heteroatoms. The van der Waals surface area contributed by atoms with Crippen molar-refractivity contribution < 1.29 is 38.2 Å². The summed E-state index contributed by atoms with van der Waals surface area (Å²) in [5.74, 6) is -2.15. The number of aromatic nitrogens is 1. The Labute approximate surface area is 171 Å². The van der Waals surface area contributed by atoms with Gasteiger partial charge < -0.3 is 29.8 Å². The van der Waals surface area contributed by atoms with Crippen molar-refractivity contribution in [2.24, 2.45) is 5.73 Å². The van der Waals surface area contributed by atoms with Crippen LogP contribution in [0.25, 0.3) is 0 Å². The van der Waals surface area contributed by atoms with Crippen LogP contribution < -0.4 is 11.1 Å². The zero-order valence-corrected chi connectivity index (χ0v) is 16.9. The van der Waals surface area contributed by atoms with Gasteiger partial charge >= 0.3 is 12.1 Å². The fourth-order valence-corrected chi connectivity index (χ4v) is 3.97. The van der Waals surface area contributed by atoms with Crippen LogP contribution in [0, 0.1) is 0 Å². The molecular weight excluding hydrogens is 398 g/mol. The molecule has 3 rings (SSSR count). The summed E-state index contributed by atoms with van der Waals surface area (Å²) in [5, 5.41) is 2.68. The van der Waals surface area contributed by atoms with Crippen LogP contribution in [0.3, 0.4) is 0 Å². The standard InChI is InChI=1S/C19H21N3O8/c1-7-15(25)14-12(16(26)17(7)28-4)10(6-29-19(20)27)13-18(30-9(3)24)11(5-22(13)14)21-8(2)23/h11,18H,5-6H2,1-4H3,(H2,20,27)(H,21,23)/t11-,18-/m1/s1. The second-order valence-electron chi connectivity index (χ2n) is 6.96. The molecule has 0 radical (unpaired) electrons. The Morgan fingerprint density at radius 2 is 1.87 bits per heavy atom. The summed E-state index contributed by atoms with van der Waals surface area (Å²) in [6, 6.07) is -0.685. The van der Waals surface area contributed by atoms with Crippen molar-refractivity contribution in [1.29, 1.82) is 0 Å². The Kier molecular flexibility index (Phi) is 5.38. The summed E-state index contributed by atoms with van der Waals surface area (Å²) in [6.45, 7) is 3.60. The number of carbonyl (C=O) groups is 5. The first-order valence-electron chi connectivity index (χ1n) is 9.04. The zero-order chi connectivity index (χ0) is 22.3. The molecule has 0 bridgehead atoms. The van der Waals surface area contributed by atoms with E-state index in [2.05, 4.69) is 5.32 Å². The Balaban J connectivity index is 2.24. The van der Waals surface area contributed by atoms with E-state index in [0.717, 1.165) is 0 Å². The van der Waals surface area contributed by atoms with Crippen LogP contribution in [-0.2, 0) is 37.0 Å². The third kappa shape index (κ3) is 3.31. The number of nitrogens with one attached hydrogen (secondary N) is 1. The van der Waals surface area contributed by atoms with Gasteiger partial charge in [0.2, 0.25) is 17.5 Å². The van der Waals surface area contributed by atoms with Crippen LogP contribution in [0.1, 0.15) is 59.0 Å². The summed E-state index contributed by atoms with van der Waals surface area (Å²) in [5.41, 5.74) is 5.70. The second-order valence-corrected chi connectivity index (χ2v) is 6.96. The van der Waals surface area contributed by atoms with E-state index in [9.17, 15) is 24.0 Å². The van der Waals surface area contributed by atoms with Crippen molar-refractivity contribution in [3.05, 3.63) is 33.8 Å². The summed E-state index contributed by atoms with van der Waals surface area (Å²) in [6.07, 6.45) is -2.09. The monoisotopic (exact) mass is 419 g/mol. The minimum absolute atomic E-state index is 0.00266. The van der Waals surface area contributed by atoms with Crippen LogP contribution >= 0.6 is 0 Å². The largest absolute Gasteiger partial charge is 0.492 e. The molecule has 160 valence electrons. The predicted molar refractivity (Wildman–Crippen MR) is 99.3 cm³/mol. The highest BCUT2D eigenvalue weighted by Crippen LogP contribution is 2.42. The number of hydrogen-bond donors (Lipinski definition) is 2. The molecule has 11 nitrogen and oxygen atoms in total. The van der Waals surface area contributed by atoms with Crippen molar-refractivity contribution >= 4 is 29.5 Å². The summed E-state index contributed by atoms with van der Waals surface area (Å²) in [4.78, 5) is 60.7. The van der Waals surface area contributed by atoms with Crippen LogP contribution in [0.5, 0.6) is 0 Å². The summed E-state index contributed by atoms with van der Waals surface area (Å²) in [7, 11) is 1.27. The number of ether oxygens (including phenoxy) is 3. The van der Waals surface area contributed by atoms with Gasteiger partial charge in [-0.3, -0.25) is 19.2 Å². The molecule has 0 aromatic carbocycles. The molecule has 1 aliphatic carbocycles. The van der Waals surface area contributed by atoms with Gasteiger partial charge in [0, 0.05) is 31.5 Å². The van der Waals surface area contributed by atoms with E-state index in [1.54, 1.807) is 0 Å². The van der Waals surface area contributed by atoms with Gasteiger partial charge in [-0.05, 0) is 6.92 Å². The number of carbonyl (C=O) groups excluding carboxylic acids is 5. The van der Waals surface area contributed by atoms with E-state index < -0.39 is 42.4 Å². The van der Waals surface area contributed by atoms with Gasteiger partial charge in [-0.25, -0.2) is 4.79 Å². The molecule has 1 aliphatic heterocycles. The first-order valence-corrected chi connectivity index (χ1v) is 9.04. The highest BCUT2D eigenvalue weighted by Gasteiger charge is 2.47. The van der Waals surface area contributed by atoms with E-state index in [0.29, 0.717) is 0 Å². The molecule has 1 aromatic rings. The van der Waals surface area contributed by atoms with Crippen molar-refractivity contribution in [2.75, 3.05) is 7.11 Å². The molecule has 30 heavy (non-hydrogen) atoms. The van der Waals surface area contributed by atoms with Gasteiger partial charge in [0.15, 0.2) is 11.9 Å². The number of methoxy groups -OCH3 is 1. The Morgan fingerprint density at radius 3 is 2.40 bits per heavy atom. The molecule has 2 aliphatic rings. The fourth-order valence-electron chi connectivity index (χ4n) is 3.97. The van der Waals surface area contributed by atoms with Crippen molar-refractivity contribution in [3.63, 3.8) is 0 Å². The Bertz CT molecular complexity index is 1020. The maximum atomic E-state index is 13.1. The second kappa shape index (κ2) is 7.65. The number of rotatable bonds is 5. The van der Waals surface area contributed by atoms with Crippen molar-refractivity contribution in [3.8, 4) is 0 Å². The van der Waals surface area contributed by atoms with Crippen LogP contribution in [0.4, 0.5) is 4.79 Å². The highest BCUT2D eigenvalue weighted by molar-refractivity contribution is 6.26. The van der Waals surface area contributed by atoms with Gasteiger partial charge in [-0.2, -0.15) is 0 Å². The third-order valence-corrected chi connectivity index (χ3v) is 5.00. The van der Waals surface area contributed by atoms with Crippen molar-refractivity contribution in [2.45, 2.75) is 46.1 Å². The van der Waals surface area contributed by atoms with E-state index in [4.69, 9.17) is 19.9 Å². The van der Waals surface area contributed by atoms with E-state index >= 15 is 0 Å². The Hall–Kier alpha value is -3.63. The molecule has 2 atom stereocenters. The number of hydrogen-bond acceptors (Lipinski definition) is 8. The first kappa shape index (κ1) is 21.1. The number of allylic oxidation sites excluding steroid dienone is 2. The lowest BCUT2D eigenvalue weighted by Gasteiger charge is -2.22. The first-order chi connectivity index (χ1) is 14.1. The van der Waals surface area contributed by atoms with Crippen LogP contribution in [-0.4, -0.2) is 47.3 Å². The molecule has 0 spiro atoms. The highest BCUT2D eigenvalue weighted by atomic mass is 16.6. The maximum Gasteiger partial charge on any atom is 0.404 e. The van der Waals surface area contributed by atoms with Crippen LogP contribution in [0.15, 0.2) is 11.3 Å². The number of primary amides is 1. The smallest absolute Gasteiger partial charge is 0.404 e. The molecule has 1 aromatic heterocycles. The lowest BCUT2D eigenvalue weighted by molar-refractivity contribution is -0.148. The minimum Gasteiger partial charge on any atom is -0.492 e. The molecule has 2 heterocycles. The molecule has 0 unspecified atom stereocenters. The van der Waals surface area contributed by atoms with Gasteiger partial charge in [0.25, 0.3) is 0 Å². The van der Waals surface area contributed by atoms with E-state index in [1.807, 2.05) is 0 Å².